The van der Waals surface area contributed by atoms with E-state index in [1.165, 1.54) is 22.6 Å². The summed E-state index contributed by atoms with van der Waals surface area (Å²) in [5.74, 6) is -0.166. The molecule has 1 saturated heterocycles. The normalized spacial score (nSPS) is 15.8. The Morgan fingerprint density at radius 2 is 1.61 bits per heavy atom. The predicted octanol–water partition coefficient (Wildman–Crippen LogP) is 2.67. The van der Waals surface area contributed by atoms with Gasteiger partial charge in [0, 0.05) is 39.0 Å². The Hall–Kier alpha value is -2.26. The van der Waals surface area contributed by atoms with Crippen LogP contribution in [0.15, 0.2) is 47.6 Å². The van der Waals surface area contributed by atoms with Crippen LogP contribution in [0.1, 0.15) is 17.5 Å². The SMILES string of the molecule is Cc1ccc(S(=O)(=O)OCCOCCCS(=O)(=O)N2CCN(c3cncc(C(F)(F)F)c3)CC2)cc1. The van der Waals surface area contributed by atoms with Crippen molar-refractivity contribution in [3.05, 3.63) is 53.9 Å². The zero-order valence-electron chi connectivity index (χ0n) is 19.6. The molecule has 0 atom stereocenters. The number of ether oxygens (including phenoxy) is 1. The quantitative estimate of drug-likeness (QED) is 0.310. The van der Waals surface area contributed by atoms with Crippen molar-refractivity contribution in [3.63, 3.8) is 0 Å². The van der Waals surface area contributed by atoms with E-state index in [1.54, 1.807) is 17.0 Å². The number of benzene rings is 1. The zero-order chi connectivity index (χ0) is 26.4. The molecule has 1 aromatic carbocycles. The number of piperazine rings is 1. The molecule has 0 bridgehead atoms. The molecule has 0 aliphatic carbocycles. The van der Waals surface area contributed by atoms with Crippen LogP contribution in [0.25, 0.3) is 0 Å². The molecule has 0 unspecified atom stereocenters. The third kappa shape index (κ3) is 7.87. The number of aromatic nitrogens is 1. The first-order valence-corrected chi connectivity index (χ1v) is 14.2. The average molecular weight is 552 g/mol. The van der Waals surface area contributed by atoms with Crippen LogP contribution in [-0.4, -0.2) is 77.9 Å². The lowest BCUT2D eigenvalue weighted by molar-refractivity contribution is -0.137. The molecule has 0 saturated carbocycles. The van der Waals surface area contributed by atoms with Gasteiger partial charge >= 0.3 is 6.18 Å². The third-order valence-corrected chi connectivity index (χ3v) is 8.80. The van der Waals surface area contributed by atoms with Gasteiger partial charge in [-0.25, -0.2) is 8.42 Å². The van der Waals surface area contributed by atoms with Crippen molar-refractivity contribution < 1.29 is 38.9 Å². The van der Waals surface area contributed by atoms with E-state index in [1.807, 2.05) is 6.92 Å². The Bertz CT molecular complexity index is 1210. The molecule has 0 radical (unpaired) electrons. The molecule has 2 heterocycles. The number of hydrogen-bond donors (Lipinski definition) is 0. The molecule has 3 rings (SSSR count). The van der Waals surface area contributed by atoms with Crippen molar-refractivity contribution in [1.29, 1.82) is 0 Å². The zero-order valence-corrected chi connectivity index (χ0v) is 21.3. The van der Waals surface area contributed by atoms with E-state index >= 15 is 0 Å². The second-order valence-electron chi connectivity index (χ2n) is 8.19. The molecule has 36 heavy (non-hydrogen) atoms. The molecule has 1 aliphatic rings. The first kappa shape index (κ1) is 28.3. The topological polar surface area (TPSA) is 106 Å². The standard InChI is InChI=1S/C22H28F3N3O6S2/c1-18-3-5-21(6-4-18)36(31,32)34-13-12-33-11-2-14-35(29,30)28-9-7-27(8-10-28)20-15-19(16-26-17-20)22(23,24)25/h3-6,15-17H,2,7-14H2,1H3. The second kappa shape index (κ2) is 11.9. The highest BCUT2D eigenvalue weighted by molar-refractivity contribution is 7.89. The molecule has 200 valence electrons. The van der Waals surface area contributed by atoms with Crippen LogP contribution in [0.3, 0.4) is 0 Å². The highest BCUT2D eigenvalue weighted by Gasteiger charge is 2.32. The Kier molecular flexibility index (Phi) is 9.33. The van der Waals surface area contributed by atoms with Crippen molar-refractivity contribution in [2.75, 3.05) is 56.7 Å². The molecule has 1 fully saturated rings. The molecule has 9 nitrogen and oxygen atoms in total. The summed E-state index contributed by atoms with van der Waals surface area (Å²) in [5, 5.41) is 0. The number of sulfonamides is 1. The fourth-order valence-corrected chi connectivity index (χ4v) is 5.88. The number of anilines is 1. The fraction of sp³-hybridized carbons (Fsp3) is 0.500. The number of halogens is 3. The second-order valence-corrected chi connectivity index (χ2v) is 11.9. The van der Waals surface area contributed by atoms with Gasteiger partial charge in [0.05, 0.1) is 41.3 Å². The first-order chi connectivity index (χ1) is 16.9. The summed E-state index contributed by atoms with van der Waals surface area (Å²) < 4.78 is 99.7. The van der Waals surface area contributed by atoms with Gasteiger partial charge in [-0.05, 0) is 31.5 Å². The van der Waals surface area contributed by atoms with E-state index in [2.05, 4.69) is 4.98 Å². The maximum absolute atomic E-state index is 12.9. The number of aryl methyl sites for hydroxylation is 1. The van der Waals surface area contributed by atoms with Gasteiger partial charge in [0.2, 0.25) is 10.0 Å². The van der Waals surface area contributed by atoms with Gasteiger partial charge in [0.25, 0.3) is 10.1 Å². The van der Waals surface area contributed by atoms with Crippen LogP contribution in [0, 0.1) is 6.92 Å². The molecule has 0 amide bonds. The van der Waals surface area contributed by atoms with Gasteiger partial charge in [0.1, 0.15) is 0 Å². The number of nitrogens with zero attached hydrogens (tertiary/aromatic N) is 3. The van der Waals surface area contributed by atoms with Gasteiger partial charge in [0.15, 0.2) is 0 Å². The first-order valence-electron chi connectivity index (χ1n) is 11.2. The van der Waals surface area contributed by atoms with Crippen molar-refractivity contribution in [2.45, 2.75) is 24.4 Å². The Morgan fingerprint density at radius 3 is 2.25 bits per heavy atom. The van der Waals surface area contributed by atoms with Gasteiger partial charge < -0.3 is 9.64 Å². The molecular formula is C22H28F3N3O6S2. The minimum atomic E-state index is -4.50. The minimum absolute atomic E-state index is 0.0190. The Balaban J connectivity index is 1.36. The molecule has 14 heteroatoms. The molecule has 1 aromatic heterocycles. The van der Waals surface area contributed by atoms with Crippen molar-refractivity contribution in [1.82, 2.24) is 9.29 Å². The molecular weight excluding hydrogens is 523 g/mol. The number of alkyl halides is 3. The maximum Gasteiger partial charge on any atom is 0.417 e. The van der Waals surface area contributed by atoms with Gasteiger partial charge in [-0.3, -0.25) is 9.17 Å². The lowest BCUT2D eigenvalue weighted by Gasteiger charge is -2.35. The summed E-state index contributed by atoms with van der Waals surface area (Å²) in [6.07, 6.45) is -2.23. The molecule has 0 N–H and O–H groups in total. The highest BCUT2D eigenvalue weighted by Crippen LogP contribution is 2.31. The summed E-state index contributed by atoms with van der Waals surface area (Å²) in [6.45, 7) is 2.49. The molecule has 2 aromatic rings. The van der Waals surface area contributed by atoms with Crippen LogP contribution in [0.2, 0.25) is 0 Å². The van der Waals surface area contributed by atoms with Crippen LogP contribution < -0.4 is 4.90 Å². The lowest BCUT2D eigenvalue weighted by Crippen LogP contribution is -2.49. The smallest absolute Gasteiger partial charge is 0.379 e. The van der Waals surface area contributed by atoms with Gasteiger partial charge in [-0.15, -0.1) is 0 Å². The maximum atomic E-state index is 12.9. The number of pyridine rings is 1. The monoisotopic (exact) mass is 551 g/mol. The lowest BCUT2D eigenvalue weighted by atomic mass is 10.2. The Morgan fingerprint density at radius 1 is 0.944 bits per heavy atom. The van der Waals surface area contributed by atoms with E-state index in [9.17, 15) is 30.0 Å². The van der Waals surface area contributed by atoms with E-state index in [-0.39, 0.29) is 63.1 Å². The van der Waals surface area contributed by atoms with Crippen LogP contribution >= 0.6 is 0 Å². The van der Waals surface area contributed by atoms with Crippen molar-refractivity contribution in [2.24, 2.45) is 0 Å². The van der Waals surface area contributed by atoms with E-state index < -0.39 is 31.9 Å². The van der Waals surface area contributed by atoms with Crippen molar-refractivity contribution >= 4 is 25.8 Å². The fourth-order valence-electron chi connectivity index (χ4n) is 3.53. The van der Waals surface area contributed by atoms with Gasteiger partial charge in [-0.1, -0.05) is 17.7 Å². The number of hydrogen-bond acceptors (Lipinski definition) is 8. The summed E-state index contributed by atoms with van der Waals surface area (Å²) in [7, 11) is -7.46. The third-order valence-electron chi connectivity index (χ3n) is 5.52. The van der Waals surface area contributed by atoms with E-state index in [0.717, 1.165) is 17.8 Å². The number of rotatable bonds is 11. The molecule has 0 spiro atoms. The predicted molar refractivity (Wildman–Crippen MR) is 127 cm³/mol. The minimum Gasteiger partial charge on any atom is -0.379 e. The average Bonchev–Trinajstić information content (AvgIpc) is 2.83. The summed E-state index contributed by atoms with van der Waals surface area (Å²) in [5.41, 5.74) is 0.359. The molecule has 1 aliphatic heterocycles. The van der Waals surface area contributed by atoms with E-state index in [0.29, 0.717) is 5.69 Å². The summed E-state index contributed by atoms with van der Waals surface area (Å²) >= 11 is 0. The van der Waals surface area contributed by atoms with Crippen molar-refractivity contribution in [3.8, 4) is 0 Å². The van der Waals surface area contributed by atoms with Crippen LogP contribution in [0.5, 0.6) is 0 Å². The largest absolute Gasteiger partial charge is 0.417 e. The highest BCUT2D eigenvalue weighted by atomic mass is 32.2. The Labute approximate surface area is 209 Å². The van der Waals surface area contributed by atoms with Crippen LogP contribution in [-0.2, 0) is 35.2 Å². The van der Waals surface area contributed by atoms with Gasteiger partial charge in [-0.2, -0.15) is 25.9 Å². The summed E-state index contributed by atoms with van der Waals surface area (Å²) in [6, 6.07) is 7.23. The summed E-state index contributed by atoms with van der Waals surface area (Å²) in [4.78, 5) is 5.36. The van der Waals surface area contributed by atoms with E-state index in [4.69, 9.17) is 8.92 Å². The van der Waals surface area contributed by atoms with Crippen LogP contribution in [0.4, 0.5) is 18.9 Å².